The van der Waals surface area contributed by atoms with Crippen molar-refractivity contribution in [2.75, 3.05) is 6.61 Å². The average molecular weight is 443 g/mol. The van der Waals surface area contributed by atoms with E-state index in [2.05, 4.69) is 13.0 Å². The lowest BCUT2D eigenvalue weighted by atomic mass is 9.76. The summed E-state index contributed by atoms with van der Waals surface area (Å²) in [5, 5.41) is 0. The molecule has 2 aliphatic rings. The van der Waals surface area contributed by atoms with Crippen molar-refractivity contribution < 1.29 is 9.13 Å². The van der Waals surface area contributed by atoms with Gasteiger partial charge in [0.2, 0.25) is 0 Å². The molecule has 1 aromatic rings. The Morgan fingerprint density at radius 2 is 1.59 bits per heavy atom. The standard InChI is InChI=1S/C30H47FO/c1-3-5-6-7-8-24-9-11-25(12-10-24)13-14-26-15-17-27(18-16-26)19-20-28-21-22-30(32-4-2)29(31)23-28/h17,21-26H,3-16,18-20H2,1-2H3/t24-,25-,26?. The van der Waals surface area contributed by atoms with Gasteiger partial charge in [0, 0.05) is 0 Å². The minimum absolute atomic E-state index is 0.229. The number of hydrogen-bond acceptors (Lipinski definition) is 1. The van der Waals surface area contributed by atoms with Gasteiger partial charge in [-0.15, -0.1) is 0 Å². The Kier molecular flexibility index (Phi) is 11.1. The molecule has 32 heavy (non-hydrogen) atoms. The Morgan fingerprint density at radius 3 is 2.25 bits per heavy atom. The number of halogens is 1. The lowest BCUT2D eigenvalue weighted by molar-refractivity contribution is 0.234. The summed E-state index contributed by atoms with van der Waals surface area (Å²) in [7, 11) is 0. The monoisotopic (exact) mass is 442 g/mol. The molecule has 1 saturated carbocycles. The van der Waals surface area contributed by atoms with Crippen molar-refractivity contribution in [2.45, 2.75) is 117 Å². The summed E-state index contributed by atoms with van der Waals surface area (Å²) >= 11 is 0. The van der Waals surface area contributed by atoms with E-state index in [9.17, 15) is 4.39 Å². The van der Waals surface area contributed by atoms with Crippen molar-refractivity contribution in [1.82, 2.24) is 0 Å². The highest BCUT2D eigenvalue weighted by molar-refractivity contribution is 5.30. The summed E-state index contributed by atoms with van der Waals surface area (Å²) in [6.45, 7) is 4.70. The Morgan fingerprint density at radius 1 is 0.844 bits per heavy atom. The van der Waals surface area contributed by atoms with Gasteiger partial charge in [0.25, 0.3) is 0 Å². The average Bonchev–Trinajstić information content (AvgIpc) is 2.82. The van der Waals surface area contributed by atoms with Crippen LogP contribution in [0, 0.1) is 23.6 Å². The first-order valence-electron chi connectivity index (χ1n) is 13.8. The number of benzene rings is 1. The highest BCUT2D eigenvalue weighted by Crippen LogP contribution is 2.37. The second kappa shape index (κ2) is 14.1. The van der Waals surface area contributed by atoms with Crippen LogP contribution in [0.3, 0.4) is 0 Å². The van der Waals surface area contributed by atoms with Crippen LogP contribution in [-0.4, -0.2) is 6.61 Å². The Hall–Kier alpha value is -1.31. The first kappa shape index (κ1) is 25.3. The van der Waals surface area contributed by atoms with Crippen LogP contribution in [0.15, 0.2) is 29.8 Å². The van der Waals surface area contributed by atoms with Gasteiger partial charge in [-0.3, -0.25) is 0 Å². The molecule has 0 bridgehead atoms. The van der Waals surface area contributed by atoms with Crippen LogP contribution in [0.4, 0.5) is 4.39 Å². The van der Waals surface area contributed by atoms with Crippen LogP contribution in [0.1, 0.15) is 116 Å². The quantitative estimate of drug-likeness (QED) is 0.218. The van der Waals surface area contributed by atoms with Gasteiger partial charge >= 0.3 is 0 Å². The normalized spacial score (nSPS) is 23.7. The van der Waals surface area contributed by atoms with Gasteiger partial charge in [0.1, 0.15) is 0 Å². The molecule has 0 heterocycles. The molecule has 0 saturated heterocycles. The molecule has 1 unspecified atom stereocenters. The molecule has 0 aliphatic heterocycles. The fraction of sp³-hybridized carbons (Fsp3) is 0.733. The molecular formula is C30H47FO. The molecule has 1 fully saturated rings. The molecule has 180 valence electrons. The summed E-state index contributed by atoms with van der Waals surface area (Å²) in [4.78, 5) is 0. The number of aryl methyl sites for hydroxylation is 1. The molecule has 0 amide bonds. The van der Waals surface area contributed by atoms with Gasteiger partial charge in [-0.1, -0.05) is 88.8 Å². The summed E-state index contributed by atoms with van der Waals surface area (Å²) in [5.74, 6) is 3.08. The van der Waals surface area contributed by atoms with Crippen LogP contribution in [0.5, 0.6) is 5.75 Å². The van der Waals surface area contributed by atoms with Crippen molar-refractivity contribution in [3.8, 4) is 5.75 Å². The van der Waals surface area contributed by atoms with Gasteiger partial charge in [-0.05, 0) is 80.9 Å². The Labute approximate surface area is 197 Å². The number of allylic oxidation sites excluding steroid dienone is 2. The minimum Gasteiger partial charge on any atom is -0.491 e. The van der Waals surface area contributed by atoms with Crippen LogP contribution in [-0.2, 0) is 6.42 Å². The predicted octanol–water partition coefficient (Wildman–Crippen LogP) is 9.44. The third kappa shape index (κ3) is 8.56. The molecule has 1 atom stereocenters. The maximum atomic E-state index is 14.1. The zero-order valence-electron chi connectivity index (χ0n) is 20.8. The van der Waals surface area contributed by atoms with Crippen LogP contribution in [0.25, 0.3) is 0 Å². The molecule has 1 aromatic carbocycles. The topological polar surface area (TPSA) is 9.23 Å². The Bertz CT molecular complexity index is 686. The van der Waals surface area contributed by atoms with Crippen LogP contribution >= 0.6 is 0 Å². The molecule has 1 nitrogen and oxygen atoms in total. The van der Waals surface area contributed by atoms with Gasteiger partial charge in [0.15, 0.2) is 11.6 Å². The van der Waals surface area contributed by atoms with E-state index in [-0.39, 0.29) is 5.82 Å². The zero-order valence-corrected chi connectivity index (χ0v) is 20.8. The minimum atomic E-state index is -0.229. The highest BCUT2D eigenvalue weighted by Gasteiger charge is 2.22. The largest absolute Gasteiger partial charge is 0.491 e. The summed E-state index contributed by atoms with van der Waals surface area (Å²) < 4.78 is 19.4. The summed E-state index contributed by atoms with van der Waals surface area (Å²) in [6, 6.07) is 5.44. The maximum Gasteiger partial charge on any atom is 0.165 e. The van der Waals surface area contributed by atoms with Gasteiger partial charge in [0.05, 0.1) is 6.61 Å². The van der Waals surface area contributed by atoms with E-state index in [0.29, 0.717) is 12.4 Å². The third-order valence-corrected chi connectivity index (χ3v) is 8.06. The van der Waals surface area contributed by atoms with E-state index in [1.807, 2.05) is 13.0 Å². The SMILES string of the molecule is CCCCCC[C@H]1CC[C@H](CCC2CC=C(CCc3ccc(OCC)c(F)c3)CC2)CC1. The molecule has 0 N–H and O–H groups in total. The highest BCUT2D eigenvalue weighted by atomic mass is 19.1. The number of unbranched alkanes of at least 4 members (excludes halogenated alkanes) is 3. The summed E-state index contributed by atoms with van der Waals surface area (Å²) in [6.07, 6.45) is 24.4. The smallest absolute Gasteiger partial charge is 0.165 e. The predicted molar refractivity (Wildman–Crippen MR) is 135 cm³/mol. The van der Waals surface area contributed by atoms with E-state index >= 15 is 0 Å². The fourth-order valence-electron chi connectivity index (χ4n) is 5.85. The molecule has 0 aromatic heterocycles. The van der Waals surface area contributed by atoms with Crippen LogP contribution < -0.4 is 4.74 Å². The molecule has 0 spiro atoms. The molecular weight excluding hydrogens is 395 g/mol. The zero-order chi connectivity index (χ0) is 22.6. The van der Waals surface area contributed by atoms with E-state index in [1.165, 1.54) is 89.9 Å². The van der Waals surface area contributed by atoms with Crippen LogP contribution in [0.2, 0.25) is 0 Å². The fourth-order valence-corrected chi connectivity index (χ4v) is 5.85. The number of rotatable bonds is 13. The van der Waals surface area contributed by atoms with E-state index in [1.54, 1.807) is 17.7 Å². The molecule has 2 aliphatic carbocycles. The van der Waals surface area contributed by atoms with E-state index in [0.717, 1.165) is 36.2 Å². The lowest BCUT2D eigenvalue weighted by Gasteiger charge is -2.30. The molecule has 2 heteroatoms. The van der Waals surface area contributed by atoms with Gasteiger partial charge < -0.3 is 4.74 Å². The van der Waals surface area contributed by atoms with Crippen molar-refractivity contribution in [3.63, 3.8) is 0 Å². The van der Waals surface area contributed by atoms with E-state index in [4.69, 9.17) is 4.74 Å². The van der Waals surface area contributed by atoms with Gasteiger partial charge in [-0.25, -0.2) is 4.39 Å². The lowest BCUT2D eigenvalue weighted by Crippen LogP contribution is -2.16. The number of ether oxygens (including phenoxy) is 1. The molecule has 0 radical (unpaired) electrons. The van der Waals surface area contributed by atoms with Crippen molar-refractivity contribution in [3.05, 3.63) is 41.2 Å². The second-order valence-electron chi connectivity index (χ2n) is 10.5. The first-order valence-corrected chi connectivity index (χ1v) is 13.8. The Balaban J connectivity index is 1.29. The van der Waals surface area contributed by atoms with E-state index < -0.39 is 0 Å². The van der Waals surface area contributed by atoms with Crippen molar-refractivity contribution in [1.29, 1.82) is 0 Å². The van der Waals surface area contributed by atoms with Gasteiger partial charge in [-0.2, -0.15) is 0 Å². The van der Waals surface area contributed by atoms with Crippen molar-refractivity contribution in [2.24, 2.45) is 17.8 Å². The third-order valence-electron chi connectivity index (χ3n) is 8.06. The molecule has 3 rings (SSSR count). The maximum absolute atomic E-state index is 14.1. The first-order chi connectivity index (χ1) is 15.7. The number of hydrogen-bond donors (Lipinski definition) is 0. The van der Waals surface area contributed by atoms with Crippen molar-refractivity contribution >= 4 is 0 Å². The second-order valence-corrected chi connectivity index (χ2v) is 10.5. The summed E-state index contributed by atoms with van der Waals surface area (Å²) in [5.41, 5.74) is 2.66.